The number of rotatable bonds is 1. The summed E-state index contributed by atoms with van der Waals surface area (Å²) in [5.41, 5.74) is 9.55. The predicted octanol–water partition coefficient (Wildman–Crippen LogP) is 3.71. The van der Waals surface area contributed by atoms with Crippen molar-refractivity contribution >= 4 is 21.7 Å². The smallest absolute Gasteiger partial charge is 0.238 e. The third kappa shape index (κ3) is 1.94. The summed E-state index contributed by atoms with van der Waals surface area (Å²) in [6.45, 7) is 6.53. The molecule has 0 fully saturated rings. The Morgan fingerprint density at radius 2 is 1.89 bits per heavy atom. The molecule has 3 aromatic rings. The lowest BCUT2D eigenvalue weighted by Gasteiger charge is -2.09. The molecule has 96 valence electrons. The molecule has 0 bridgehead atoms. The van der Waals surface area contributed by atoms with Gasteiger partial charge in [-0.05, 0) is 44.0 Å². The summed E-state index contributed by atoms with van der Waals surface area (Å²) in [6, 6.07) is 8.79. The molecule has 2 nitrogen and oxygen atoms in total. The van der Waals surface area contributed by atoms with E-state index in [1.807, 2.05) is 5.51 Å². The van der Waals surface area contributed by atoms with Crippen LogP contribution in [0.3, 0.4) is 0 Å². The van der Waals surface area contributed by atoms with Crippen LogP contribution < -0.4 is 4.57 Å². The molecule has 19 heavy (non-hydrogen) atoms. The van der Waals surface area contributed by atoms with Gasteiger partial charge in [0.2, 0.25) is 5.69 Å². The van der Waals surface area contributed by atoms with E-state index in [0.717, 1.165) is 5.52 Å². The number of nitrogens with zero attached hydrogens (tertiary/aromatic N) is 2. The third-order valence-electron chi connectivity index (χ3n) is 3.73. The van der Waals surface area contributed by atoms with Crippen LogP contribution in [0.25, 0.3) is 21.6 Å². The Bertz CT molecular complexity index is 772. The molecule has 0 saturated heterocycles. The minimum absolute atomic E-state index is 1.07. The second kappa shape index (κ2) is 4.42. The number of thiazole rings is 1. The number of pyridine rings is 1. The van der Waals surface area contributed by atoms with Gasteiger partial charge in [0.05, 0.1) is 5.51 Å². The summed E-state index contributed by atoms with van der Waals surface area (Å²) in [7, 11) is 2.12. The summed E-state index contributed by atoms with van der Waals surface area (Å²) in [4.78, 5) is 5.59. The van der Waals surface area contributed by atoms with Gasteiger partial charge >= 0.3 is 0 Å². The Morgan fingerprint density at radius 1 is 1.11 bits per heavy atom. The van der Waals surface area contributed by atoms with E-state index in [9.17, 15) is 0 Å². The molecular formula is C16H17N2S+. The minimum Gasteiger partial charge on any atom is -0.238 e. The summed E-state index contributed by atoms with van der Waals surface area (Å²) >= 11 is 1.69. The van der Waals surface area contributed by atoms with Crippen LogP contribution in [0.4, 0.5) is 0 Å². The van der Waals surface area contributed by atoms with E-state index in [2.05, 4.69) is 61.6 Å². The summed E-state index contributed by atoms with van der Waals surface area (Å²) in [5.74, 6) is 0. The van der Waals surface area contributed by atoms with Crippen molar-refractivity contribution in [3.05, 3.63) is 46.5 Å². The van der Waals surface area contributed by atoms with Crippen LogP contribution in [-0.4, -0.2) is 4.98 Å². The lowest BCUT2D eigenvalue weighted by Crippen LogP contribution is -2.31. The van der Waals surface area contributed by atoms with E-state index < -0.39 is 0 Å². The van der Waals surface area contributed by atoms with E-state index in [-0.39, 0.29) is 0 Å². The Balaban J connectivity index is 2.33. The van der Waals surface area contributed by atoms with Crippen molar-refractivity contribution in [1.82, 2.24) is 4.98 Å². The number of aromatic nitrogens is 2. The SMILES string of the molecule is Cc1cc(C)c(C)c(-c2ccc3ncsc3[n+]2C)c1. The number of hydrogen-bond acceptors (Lipinski definition) is 2. The molecule has 3 heteroatoms. The molecule has 0 unspecified atom stereocenters. The van der Waals surface area contributed by atoms with Crippen LogP contribution in [0.15, 0.2) is 29.8 Å². The normalized spacial score (nSPS) is 11.2. The molecule has 2 heterocycles. The maximum absolute atomic E-state index is 4.37. The van der Waals surface area contributed by atoms with Crippen molar-refractivity contribution in [1.29, 1.82) is 0 Å². The zero-order valence-electron chi connectivity index (χ0n) is 11.7. The standard InChI is InChI=1S/C16H17N2S/c1-10-7-11(2)12(3)13(8-10)15-6-5-14-16(18(15)4)19-9-17-14/h5-9H,1-4H3/q+1. The first kappa shape index (κ1) is 12.3. The highest BCUT2D eigenvalue weighted by atomic mass is 32.1. The third-order valence-corrected chi connectivity index (χ3v) is 4.65. The molecule has 0 aliphatic heterocycles. The van der Waals surface area contributed by atoms with Crippen LogP contribution in [0.2, 0.25) is 0 Å². The molecule has 1 aromatic carbocycles. The molecule has 2 aromatic heterocycles. The van der Waals surface area contributed by atoms with Crippen LogP contribution in [0, 0.1) is 20.8 Å². The molecule has 0 radical (unpaired) electrons. The maximum atomic E-state index is 4.37. The van der Waals surface area contributed by atoms with Gasteiger partial charge in [0.15, 0.2) is 0 Å². The zero-order chi connectivity index (χ0) is 13.6. The Kier molecular flexibility index (Phi) is 2.86. The monoisotopic (exact) mass is 269 g/mol. The Labute approximate surface area is 117 Å². The molecule has 0 aliphatic carbocycles. The summed E-state index contributed by atoms with van der Waals surface area (Å²) < 4.78 is 2.24. The zero-order valence-corrected chi connectivity index (χ0v) is 12.5. The van der Waals surface area contributed by atoms with E-state index in [4.69, 9.17) is 0 Å². The van der Waals surface area contributed by atoms with Crippen molar-refractivity contribution in [3.63, 3.8) is 0 Å². The van der Waals surface area contributed by atoms with Gasteiger partial charge in [0.25, 0.3) is 4.83 Å². The van der Waals surface area contributed by atoms with Crippen molar-refractivity contribution in [2.75, 3.05) is 0 Å². The van der Waals surface area contributed by atoms with Gasteiger partial charge < -0.3 is 0 Å². The van der Waals surface area contributed by atoms with Crippen molar-refractivity contribution < 1.29 is 4.57 Å². The van der Waals surface area contributed by atoms with Gasteiger partial charge in [-0.2, -0.15) is 4.57 Å². The van der Waals surface area contributed by atoms with Crippen LogP contribution in [0.1, 0.15) is 16.7 Å². The second-order valence-corrected chi connectivity index (χ2v) is 5.91. The summed E-state index contributed by atoms with van der Waals surface area (Å²) in [5, 5.41) is 0. The number of hydrogen-bond donors (Lipinski definition) is 0. The first-order valence-electron chi connectivity index (χ1n) is 6.38. The van der Waals surface area contributed by atoms with Gasteiger partial charge in [0.1, 0.15) is 12.6 Å². The molecular weight excluding hydrogens is 252 g/mol. The van der Waals surface area contributed by atoms with Gasteiger partial charge in [-0.3, -0.25) is 0 Å². The maximum Gasteiger partial charge on any atom is 0.289 e. The first-order valence-corrected chi connectivity index (χ1v) is 7.26. The van der Waals surface area contributed by atoms with Crippen molar-refractivity contribution in [3.8, 4) is 11.3 Å². The predicted molar refractivity (Wildman–Crippen MR) is 80.4 cm³/mol. The average Bonchev–Trinajstić information content (AvgIpc) is 2.84. The van der Waals surface area contributed by atoms with Crippen LogP contribution >= 0.6 is 11.3 Å². The first-order chi connectivity index (χ1) is 9.08. The lowest BCUT2D eigenvalue weighted by molar-refractivity contribution is -0.631. The van der Waals surface area contributed by atoms with E-state index in [1.54, 1.807) is 11.3 Å². The highest BCUT2D eigenvalue weighted by Gasteiger charge is 2.18. The fourth-order valence-corrected chi connectivity index (χ4v) is 3.33. The fraction of sp³-hybridized carbons (Fsp3) is 0.250. The quantitative estimate of drug-likeness (QED) is 0.615. The highest BCUT2D eigenvalue weighted by Crippen LogP contribution is 2.26. The van der Waals surface area contributed by atoms with Crippen molar-refractivity contribution in [2.45, 2.75) is 20.8 Å². The average molecular weight is 269 g/mol. The van der Waals surface area contributed by atoms with Gasteiger partial charge in [-0.25, -0.2) is 4.98 Å². The second-order valence-electron chi connectivity index (χ2n) is 5.07. The molecule has 0 atom stereocenters. The topological polar surface area (TPSA) is 16.8 Å². The fourth-order valence-electron chi connectivity index (χ4n) is 2.57. The molecule has 0 aliphatic rings. The minimum atomic E-state index is 1.07. The van der Waals surface area contributed by atoms with E-state index in [1.165, 1.54) is 32.8 Å². The summed E-state index contributed by atoms with van der Waals surface area (Å²) in [6.07, 6.45) is 0. The molecule has 3 rings (SSSR count). The molecule has 0 spiro atoms. The van der Waals surface area contributed by atoms with E-state index in [0.29, 0.717) is 0 Å². The highest BCUT2D eigenvalue weighted by molar-refractivity contribution is 7.15. The molecule has 0 saturated carbocycles. The lowest BCUT2D eigenvalue weighted by atomic mass is 9.97. The van der Waals surface area contributed by atoms with Crippen molar-refractivity contribution in [2.24, 2.45) is 7.05 Å². The van der Waals surface area contributed by atoms with Gasteiger partial charge in [-0.15, -0.1) is 0 Å². The molecule has 0 N–H and O–H groups in total. The van der Waals surface area contributed by atoms with Gasteiger partial charge in [0, 0.05) is 11.6 Å². The van der Waals surface area contributed by atoms with Gasteiger partial charge in [-0.1, -0.05) is 23.0 Å². The van der Waals surface area contributed by atoms with Crippen LogP contribution in [-0.2, 0) is 7.05 Å². The number of fused-ring (bicyclic) bond motifs is 1. The largest absolute Gasteiger partial charge is 0.289 e. The number of benzene rings is 1. The van der Waals surface area contributed by atoms with E-state index >= 15 is 0 Å². The molecule has 0 amide bonds. The Morgan fingerprint density at radius 3 is 2.68 bits per heavy atom. The van der Waals surface area contributed by atoms with Crippen LogP contribution in [0.5, 0.6) is 0 Å². The number of aryl methyl sites for hydroxylation is 3. The Hall–Kier alpha value is -1.74.